The maximum absolute atomic E-state index is 11.8. The zero-order valence-electron chi connectivity index (χ0n) is 12.6. The third-order valence-electron chi connectivity index (χ3n) is 3.23. The Morgan fingerprint density at radius 1 is 1.21 bits per heavy atom. The fourth-order valence-corrected chi connectivity index (χ4v) is 2.19. The van der Waals surface area contributed by atoms with Crippen LogP contribution in [0.15, 0.2) is 36.4 Å². The van der Waals surface area contributed by atoms with Crippen LogP contribution < -0.4 is 10.6 Å². The number of nitrogens with zero attached hydrogens (tertiary/aromatic N) is 1. The van der Waals surface area contributed by atoms with Crippen molar-refractivity contribution < 1.29 is 19.7 Å². The molecule has 2 rings (SSSR count). The largest absolute Gasteiger partial charge is 0.619 e. The molecule has 0 aliphatic rings. The second-order valence-corrected chi connectivity index (χ2v) is 5.40. The van der Waals surface area contributed by atoms with Gasteiger partial charge >= 0.3 is 6.03 Å². The van der Waals surface area contributed by atoms with Gasteiger partial charge in [0.1, 0.15) is 6.72 Å². The number of hydrogen-bond donors (Lipinski definition) is 4. The predicted molar refractivity (Wildman–Crippen MR) is 92.4 cm³/mol. The molecule has 0 aromatic heterocycles. The Hall–Kier alpha value is -2.93. The van der Waals surface area contributed by atoms with Crippen LogP contribution in [-0.2, 0) is 6.42 Å². The van der Waals surface area contributed by atoms with Crippen molar-refractivity contribution in [3.05, 3.63) is 52.2 Å². The molecular formula is C16H16ClN3O4. The highest BCUT2D eigenvalue weighted by atomic mass is 35.5. The predicted octanol–water partition coefficient (Wildman–Crippen LogP) is 2.96. The number of rotatable bonds is 5. The van der Waals surface area contributed by atoms with Crippen molar-refractivity contribution in [3.8, 4) is 11.5 Å². The molecule has 0 fully saturated rings. The van der Waals surface area contributed by atoms with Crippen molar-refractivity contribution in [1.29, 1.82) is 0 Å². The van der Waals surface area contributed by atoms with Crippen LogP contribution in [0.5, 0.6) is 11.5 Å². The number of nitrogens with one attached hydrogen (secondary N) is 2. The molecule has 2 aromatic rings. The minimum Gasteiger partial charge on any atom is -0.619 e. The summed E-state index contributed by atoms with van der Waals surface area (Å²) in [5.74, 6) is -0.400. The van der Waals surface area contributed by atoms with Gasteiger partial charge in [0.25, 0.3) is 0 Å². The van der Waals surface area contributed by atoms with E-state index in [1.54, 1.807) is 6.07 Å². The first kappa shape index (κ1) is 17.4. The van der Waals surface area contributed by atoms with E-state index in [4.69, 9.17) is 11.6 Å². The standard InChI is InChI=1S/C16H16ClN3O4/c1-20(24)11-3-4-13(12(17)9-11)19-16(23)18-7-6-10-2-5-14(21)15(22)8-10/h2-5,8-9,21-22H,1,6-7H2,(H2,18,19,23). The SMILES string of the molecule is C=[N+]([O-])c1ccc(NC(=O)NCCc2ccc(O)c(O)c2)c(Cl)c1. The van der Waals surface area contributed by atoms with E-state index >= 15 is 0 Å². The van der Waals surface area contributed by atoms with Crippen LogP contribution in [0.3, 0.4) is 0 Å². The number of amides is 2. The second-order valence-electron chi connectivity index (χ2n) is 5.00. The number of carbonyl (C=O) groups is 1. The quantitative estimate of drug-likeness (QED) is 0.219. The smallest absolute Gasteiger partial charge is 0.319 e. The number of benzene rings is 2. The van der Waals surface area contributed by atoms with Crippen molar-refractivity contribution in [3.63, 3.8) is 0 Å². The van der Waals surface area contributed by atoms with Gasteiger partial charge in [-0.15, -0.1) is 0 Å². The lowest BCUT2D eigenvalue weighted by atomic mass is 10.1. The van der Waals surface area contributed by atoms with Crippen LogP contribution in [0.25, 0.3) is 0 Å². The Morgan fingerprint density at radius 3 is 2.58 bits per heavy atom. The van der Waals surface area contributed by atoms with Crippen LogP contribution in [0.2, 0.25) is 5.02 Å². The summed E-state index contributed by atoms with van der Waals surface area (Å²) in [7, 11) is 0. The number of phenolic OH excluding ortho intramolecular Hbond substituents is 2. The molecule has 8 heteroatoms. The Bertz CT molecular complexity index is 780. The topological polar surface area (TPSA) is 108 Å². The highest BCUT2D eigenvalue weighted by molar-refractivity contribution is 6.33. The summed E-state index contributed by atoms with van der Waals surface area (Å²) in [6.45, 7) is 3.53. The summed E-state index contributed by atoms with van der Waals surface area (Å²) in [5, 5.41) is 35.1. The van der Waals surface area contributed by atoms with E-state index in [0.29, 0.717) is 23.4 Å². The van der Waals surface area contributed by atoms with Crippen LogP contribution in [-0.4, -0.2) is 34.2 Å². The zero-order chi connectivity index (χ0) is 17.7. The highest BCUT2D eigenvalue weighted by Crippen LogP contribution is 2.26. The van der Waals surface area contributed by atoms with Gasteiger partial charge in [-0.3, -0.25) is 0 Å². The molecule has 0 spiro atoms. The lowest BCUT2D eigenvalue weighted by Crippen LogP contribution is -2.30. The number of aromatic hydroxyl groups is 2. The molecule has 2 aromatic carbocycles. The number of hydrogen-bond acceptors (Lipinski definition) is 4. The Morgan fingerprint density at radius 2 is 1.96 bits per heavy atom. The molecule has 7 nitrogen and oxygen atoms in total. The van der Waals surface area contributed by atoms with E-state index in [1.165, 1.54) is 30.3 Å². The normalized spacial score (nSPS) is 10.2. The minimum atomic E-state index is -0.457. The first-order chi connectivity index (χ1) is 11.4. The van der Waals surface area contributed by atoms with Gasteiger partial charge in [0, 0.05) is 18.7 Å². The van der Waals surface area contributed by atoms with Gasteiger partial charge in [0.2, 0.25) is 5.69 Å². The lowest BCUT2D eigenvalue weighted by Gasteiger charge is -2.10. The van der Waals surface area contributed by atoms with Gasteiger partial charge in [-0.1, -0.05) is 17.7 Å². The Kier molecular flexibility index (Phi) is 5.49. The molecule has 126 valence electrons. The minimum absolute atomic E-state index is 0.193. The number of anilines is 1. The van der Waals surface area contributed by atoms with Crippen molar-refractivity contribution in [2.75, 3.05) is 11.9 Å². The number of urea groups is 1. The van der Waals surface area contributed by atoms with Crippen LogP contribution in [0.1, 0.15) is 5.56 Å². The summed E-state index contributed by atoms with van der Waals surface area (Å²) < 4.78 is 0.419. The van der Waals surface area contributed by atoms with Gasteiger partial charge < -0.3 is 26.1 Å². The number of halogens is 1. The molecule has 0 bridgehead atoms. The number of carbonyl (C=O) groups excluding carboxylic acids is 1. The maximum Gasteiger partial charge on any atom is 0.319 e. The van der Waals surface area contributed by atoms with Gasteiger partial charge in [-0.05, 0) is 30.2 Å². The van der Waals surface area contributed by atoms with Crippen LogP contribution in [0.4, 0.5) is 16.2 Å². The lowest BCUT2D eigenvalue weighted by molar-refractivity contribution is -0.349. The molecule has 0 saturated carbocycles. The highest BCUT2D eigenvalue weighted by Gasteiger charge is 2.09. The molecule has 0 aliphatic heterocycles. The average Bonchev–Trinajstić information content (AvgIpc) is 2.52. The summed E-state index contributed by atoms with van der Waals surface area (Å²) in [6.07, 6.45) is 0.473. The molecule has 0 atom stereocenters. The fraction of sp³-hybridized carbons (Fsp3) is 0.125. The molecule has 24 heavy (non-hydrogen) atoms. The van der Waals surface area contributed by atoms with Gasteiger partial charge in [-0.2, -0.15) is 4.74 Å². The zero-order valence-corrected chi connectivity index (χ0v) is 13.4. The molecule has 0 heterocycles. The molecular weight excluding hydrogens is 334 g/mol. The van der Waals surface area contributed by atoms with E-state index in [9.17, 15) is 20.2 Å². The molecule has 4 N–H and O–H groups in total. The summed E-state index contributed by atoms with van der Waals surface area (Å²) in [6, 6.07) is 8.40. The fourth-order valence-electron chi connectivity index (χ4n) is 1.97. The Balaban J connectivity index is 1.87. The van der Waals surface area contributed by atoms with Crippen molar-refractivity contribution in [2.24, 2.45) is 0 Å². The maximum atomic E-state index is 11.8. The monoisotopic (exact) mass is 349 g/mol. The van der Waals surface area contributed by atoms with Gasteiger partial charge in [0.15, 0.2) is 11.5 Å². The van der Waals surface area contributed by atoms with Crippen molar-refractivity contribution in [1.82, 2.24) is 5.32 Å². The summed E-state index contributed by atoms with van der Waals surface area (Å²) in [4.78, 5) is 11.8. The summed E-state index contributed by atoms with van der Waals surface area (Å²) >= 11 is 5.99. The first-order valence-electron chi connectivity index (χ1n) is 7.00. The van der Waals surface area contributed by atoms with Gasteiger partial charge in [-0.25, -0.2) is 4.79 Å². The molecule has 0 saturated heterocycles. The Labute approximate surface area is 143 Å². The molecule has 0 radical (unpaired) electrons. The van der Waals surface area contributed by atoms with E-state index in [1.807, 2.05) is 0 Å². The van der Waals surface area contributed by atoms with Crippen molar-refractivity contribution in [2.45, 2.75) is 6.42 Å². The van der Waals surface area contributed by atoms with Crippen LogP contribution in [0, 0.1) is 5.21 Å². The first-order valence-corrected chi connectivity index (χ1v) is 7.37. The molecule has 0 aliphatic carbocycles. The van der Waals surface area contributed by atoms with Crippen molar-refractivity contribution >= 4 is 35.7 Å². The number of phenols is 2. The van der Waals surface area contributed by atoms with Gasteiger partial charge in [0.05, 0.1) is 10.7 Å². The average molecular weight is 350 g/mol. The molecule has 2 amide bonds. The third kappa shape index (κ3) is 4.53. The van der Waals surface area contributed by atoms with E-state index < -0.39 is 6.03 Å². The summed E-state index contributed by atoms with van der Waals surface area (Å²) in [5.41, 5.74) is 1.40. The molecule has 0 unspecified atom stereocenters. The van der Waals surface area contributed by atoms with E-state index in [-0.39, 0.29) is 22.2 Å². The second kappa shape index (κ2) is 7.56. The van der Waals surface area contributed by atoms with E-state index in [2.05, 4.69) is 17.4 Å². The van der Waals surface area contributed by atoms with E-state index in [0.717, 1.165) is 5.56 Å². The third-order valence-corrected chi connectivity index (χ3v) is 3.54. The van der Waals surface area contributed by atoms with Crippen LogP contribution >= 0.6 is 11.6 Å².